The highest BCUT2D eigenvalue weighted by atomic mass is 31.2. The van der Waals surface area contributed by atoms with E-state index in [1.807, 2.05) is 19.0 Å². The van der Waals surface area contributed by atoms with Crippen LogP contribution in [0.4, 0.5) is 0 Å². The summed E-state index contributed by atoms with van der Waals surface area (Å²) in [6.07, 6.45) is 0.738. The van der Waals surface area contributed by atoms with Gasteiger partial charge in [0.2, 0.25) is 0 Å². The SMILES string of the molecule is CC(C)P(=O)(CN(C)C)C(C)C. The molecule has 0 aromatic rings. The summed E-state index contributed by atoms with van der Waals surface area (Å²) >= 11 is 0. The summed E-state index contributed by atoms with van der Waals surface area (Å²) in [5.74, 6) is 0. The Morgan fingerprint density at radius 2 is 1.42 bits per heavy atom. The van der Waals surface area contributed by atoms with Crippen molar-refractivity contribution >= 4 is 7.14 Å². The van der Waals surface area contributed by atoms with Crippen LogP contribution in [0.2, 0.25) is 0 Å². The molecule has 0 saturated heterocycles. The zero-order chi connectivity index (χ0) is 9.94. The molecule has 0 heterocycles. The van der Waals surface area contributed by atoms with Gasteiger partial charge in [0, 0.05) is 11.3 Å². The smallest absolute Gasteiger partial charge is 0.106 e. The normalized spacial score (nSPS) is 13.4. The second kappa shape index (κ2) is 4.43. The first-order chi connectivity index (χ1) is 5.30. The Morgan fingerprint density at radius 1 is 1.08 bits per heavy atom. The van der Waals surface area contributed by atoms with Crippen LogP contribution in [-0.4, -0.2) is 36.6 Å². The quantitative estimate of drug-likeness (QED) is 0.637. The minimum atomic E-state index is -1.99. The molecule has 0 atom stereocenters. The average molecular weight is 191 g/mol. The van der Waals surface area contributed by atoms with Crippen molar-refractivity contribution in [1.29, 1.82) is 0 Å². The number of nitrogens with zero attached hydrogens (tertiary/aromatic N) is 1. The monoisotopic (exact) mass is 191 g/mol. The van der Waals surface area contributed by atoms with Crippen LogP contribution in [0.3, 0.4) is 0 Å². The topological polar surface area (TPSA) is 20.3 Å². The van der Waals surface area contributed by atoms with Gasteiger partial charge in [-0.15, -0.1) is 0 Å². The Labute approximate surface area is 76.7 Å². The Bertz CT molecular complexity index is 163. The molecule has 3 heteroatoms. The first-order valence-electron chi connectivity index (χ1n) is 4.54. The van der Waals surface area contributed by atoms with E-state index in [0.717, 1.165) is 6.29 Å². The van der Waals surface area contributed by atoms with Gasteiger partial charge in [-0.25, -0.2) is 0 Å². The van der Waals surface area contributed by atoms with Crippen molar-refractivity contribution in [2.45, 2.75) is 39.0 Å². The van der Waals surface area contributed by atoms with E-state index in [1.165, 1.54) is 0 Å². The first-order valence-corrected chi connectivity index (χ1v) is 6.57. The van der Waals surface area contributed by atoms with Crippen LogP contribution in [0.15, 0.2) is 0 Å². The van der Waals surface area contributed by atoms with Crippen molar-refractivity contribution in [2.75, 3.05) is 20.4 Å². The molecular weight excluding hydrogens is 169 g/mol. The fraction of sp³-hybridized carbons (Fsp3) is 1.00. The van der Waals surface area contributed by atoms with E-state index in [4.69, 9.17) is 0 Å². The summed E-state index contributed by atoms with van der Waals surface area (Å²) in [4.78, 5) is 2.03. The highest BCUT2D eigenvalue weighted by Crippen LogP contribution is 2.54. The van der Waals surface area contributed by atoms with Gasteiger partial charge in [-0.05, 0) is 14.1 Å². The minimum absolute atomic E-state index is 0.305. The van der Waals surface area contributed by atoms with Gasteiger partial charge in [0.25, 0.3) is 0 Å². The zero-order valence-corrected chi connectivity index (χ0v) is 10.1. The fourth-order valence-electron chi connectivity index (χ4n) is 1.36. The van der Waals surface area contributed by atoms with Crippen LogP contribution in [0.5, 0.6) is 0 Å². The predicted molar refractivity (Wildman–Crippen MR) is 56.4 cm³/mol. The van der Waals surface area contributed by atoms with Crippen LogP contribution in [0.1, 0.15) is 27.7 Å². The maximum Gasteiger partial charge on any atom is 0.106 e. The van der Waals surface area contributed by atoms with Crippen molar-refractivity contribution in [3.8, 4) is 0 Å². The van der Waals surface area contributed by atoms with Crippen molar-refractivity contribution in [2.24, 2.45) is 0 Å². The van der Waals surface area contributed by atoms with Crippen LogP contribution in [-0.2, 0) is 4.57 Å². The van der Waals surface area contributed by atoms with Crippen LogP contribution in [0, 0.1) is 0 Å². The Balaban J connectivity index is 4.53. The highest BCUT2D eigenvalue weighted by Gasteiger charge is 2.30. The highest BCUT2D eigenvalue weighted by molar-refractivity contribution is 7.65. The van der Waals surface area contributed by atoms with Crippen LogP contribution >= 0.6 is 7.14 Å². The first kappa shape index (κ1) is 12.2. The molecule has 12 heavy (non-hydrogen) atoms. The van der Waals surface area contributed by atoms with Gasteiger partial charge in [-0.2, -0.15) is 0 Å². The molecule has 2 nitrogen and oxygen atoms in total. The van der Waals surface area contributed by atoms with Crippen molar-refractivity contribution in [3.05, 3.63) is 0 Å². The molecule has 0 amide bonds. The van der Waals surface area contributed by atoms with Gasteiger partial charge in [0.05, 0.1) is 6.29 Å². The van der Waals surface area contributed by atoms with Gasteiger partial charge in [0.1, 0.15) is 7.14 Å². The maximum atomic E-state index is 12.4. The molecule has 0 aliphatic rings. The number of hydrogen-bond acceptors (Lipinski definition) is 2. The lowest BCUT2D eigenvalue weighted by Crippen LogP contribution is -2.21. The third kappa shape index (κ3) is 2.91. The summed E-state index contributed by atoms with van der Waals surface area (Å²) in [5, 5.41) is 0. The largest absolute Gasteiger partial charge is 0.322 e. The van der Waals surface area contributed by atoms with Crippen molar-refractivity contribution < 1.29 is 4.57 Å². The minimum Gasteiger partial charge on any atom is -0.322 e. The molecule has 0 aliphatic carbocycles. The Morgan fingerprint density at radius 3 is 1.50 bits per heavy atom. The molecule has 0 rings (SSSR count). The lowest BCUT2D eigenvalue weighted by Gasteiger charge is -2.28. The summed E-state index contributed by atoms with van der Waals surface area (Å²) in [5.41, 5.74) is 0.611. The second-order valence-electron chi connectivity index (χ2n) is 4.26. The third-order valence-corrected chi connectivity index (χ3v) is 6.76. The van der Waals surface area contributed by atoms with E-state index in [9.17, 15) is 4.57 Å². The van der Waals surface area contributed by atoms with E-state index in [2.05, 4.69) is 27.7 Å². The predicted octanol–water partition coefficient (Wildman–Crippen LogP) is 2.69. The zero-order valence-electron chi connectivity index (χ0n) is 9.16. The lowest BCUT2D eigenvalue weighted by molar-refractivity contribution is 0.455. The van der Waals surface area contributed by atoms with E-state index in [1.54, 1.807) is 0 Å². The van der Waals surface area contributed by atoms with Gasteiger partial charge in [0.15, 0.2) is 0 Å². The summed E-state index contributed by atoms with van der Waals surface area (Å²) in [6.45, 7) is 8.24. The molecule has 0 spiro atoms. The third-order valence-electron chi connectivity index (χ3n) is 2.25. The summed E-state index contributed by atoms with van der Waals surface area (Å²) < 4.78 is 12.4. The van der Waals surface area contributed by atoms with E-state index >= 15 is 0 Å². The molecule has 0 fully saturated rings. The van der Waals surface area contributed by atoms with Crippen LogP contribution in [0.25, 0.3) is 0 Å². The molecule has 0 radical (unpaired) electrons. The lowest BCUT2D eigenvalue weighted by atomic mass is 10.5. The molecular formula is C9H22NOP. The van der Waals surface area contributed by atoms with Crippen molar-refractivity contribution in [3.63, 3.8) is 0 Å². The molecule has 0 bridgehead atoms. The average Bonchev–Trinajstić information content (AvgIpc) is 1.84. The summed E-state index contributed by atoms with van der Waals surface area (Å²) in [6, 6.07) is 0. The van der Waals surface area contributed by atoms with E-state index < -0.39 is 7.14 Å². The van der Waals surface area contributed by atoms with Gasteiger partial charge in [-0.3, -0.25) is 0 Å². The van der Waals surface area contributed by atoms with Gasteiger partial charge >= 0.3 is 0 Å². The number of rotatable bonds is 4. The fourth-order valence-corrected chi connectivity index (χ4v) is 4.09. The number of hydrogen-bond donors (Lipinski definition) is 0. The molecule has 0 aliphatic heterocycles. The van der Waals surface area contributed by atoms with Gasteiger partial charge < -0.3 is 9.46 Å². The van der Waals surface area contributed by atoms with E-state index in [-0.39, 0.29) is 0 Å². The molecule has 0 N–H and O–H groups in total. The molecule has 74 valence electrons. The maximum absolute atomic E-state index is 12.4. The molecule has 0 aromatic heterocycles. The van der Waals surface area contributed by atoms with Crippen LogP contribution < -0.4 is 0 Å². The Kier molecular flexibility index (Phi) is 4.50. The van der Waals surface area contributed by atoms with Gasteiger partial charge in [-0.1, -0.05) is 27.7 Å². The molecule has 0 saturated carbocycles. The Hall–Kier alpha value is 0.190. The standard InChI is InChI=1S/C9H22NOP/c1-8(2)12(11,9(3)4)7-10(5)6/h8-9H,7H2,1-6H3. The molecule has 0 aromatic carbocycles. The summed E-state index contributed by atoms with van der Waals surface area (Å²) in [7, 11) is 1.97. The van der Waals surface area contributed by atoms with E-state index in [0.29, 0.717) is 11.3 Å². The second-order valence-corrected chi connectivity index (χ2v) is 8.32. The molecule has 0 unspecified atom stereocenters. The van der Waals surface area contributed by atoms with Crippen molar-refractivity contribution in [1.82, 2.24) is 4.90 Å².